The summed E-state index contributed by atoms with van der Waals surface area (Å²) in [5.41, 5.74) is 5.68. The number of carbonyl (C=O) groups is 2. The molecule has 0 radical (unpaired) electrons. The third-order valence-corrected chi connectivity index (χ3v) is 5.73. The highest BCUT2D eigenvalue weighted by Gasteiger charge is 2.28. The molecule has 23 heavy (non-hydrogen) atoms. The van der Waals surface area contributed by atoms with Crippen LogP contribution in [0.4, 0.5) is 4.79 Å². The molecule has 1 heterocycles. The lowest BCUT2D eigenvalue weighted by Crippen LogP contribution is -2.39. The summed E-state index contributed by atoms with van der Waals surface area (Å²) in [7, 11) is -3.74. The number of nitrogens with zero attached hydrogens (tertiary/aromatic N) is 2. The first-order valence-corrected chi connectivity index (χ1v) is 8.56. The number of carboxylic acids is 1. The highest BCUT2D eigenvalue weighted by atomic mass is 32.2. The molecule has 1 fully saturated rings. The van der Waals surface area contributed by atoms with Crippen molar-refractivity contribution in [1.29, 1.82) is 0 Å². The number of hydrogen-bond acceptors (Lipinski definition) is 4. The molecule has 0 bridgehead atoms. The maximum absolute atomic E-state index is 12.7. The normalized spacial score (nSPS) is 16.8. The van der Waals surface area contributed by atoms with Crippen LogP contribution in [0, 0.1) is 6.92 Å². The van der Waals surface area contributed by atoms with E-state index in [-0.39, 0.29) is 30.1 Å². The van der Waals surface area contributed by atoms with E-state index in [1.807, 2.05) is 0 Å². The second kappa shape index (κ2) is 6.55. The van der Waals surface area contributed by atoms with Crippen molar-refractivity contribution in [1.82, 2.24) is 9.21 Å². The second-order valence-electron chi connectivity index (χ2n) is 5.36. The van der Waals surface area contributed by atoms with Crippen molar-refractivity contribution in [2.24, 2.45) is 5.73 Å². The summed E-state index contributed by atoms with van der Waals surface area (Å²) in [6.07, 6.45) is 0.494. The molecule has 126 valence electrons. The molecule has 0 saturated carbocycles. The van der Waals surface area contributed by atoms with Gasteiger partial charge in [0.25, 0.3) is 0 Å². The molecule has 8 nitrogen and oxygen atoms in total. The molecule has 1 aliphatic heterocycles. The van der Waals surface area contributed by atoms with Crippen LogP contribution >= 0.6 is 0 Å². The summed E-state index contributed by atoms with van der Waals surface area (Å²) in [5, 5.41) is 9.02. The molecule has 0 spiro atoms. The molecule has 1 saturated heterocycles. The molecule has 1 aromatic rings. The molecule has 0 aliphatic carbocycles. The quantitative estimate of drug-likeness (QED) is 0.827. The van der Waals surface area contributed by atoms with E-state index in [0.29, 0.717) is 18.5 Å². The average Bonchev–Trinajstić information content (AvgIpc) is 2.73. The van der Waals surface area contributed by atoms with Gasteiger partial charge in [0.05, 0.1) is 10.5 Å². The van der Waals surface area contributed by atoms with Crippen LogP contribution in [0.15, 0.2) is 23.1 Å². The predicted molar refractivity (Wildman–Crippen MR) is 82.7 cm³/mol. The van der Waals surface area contributed by atoms with E-state index >= 15 is 0 Å². The fraction of sp³-hybridized carbons (Fsp3) is 0.429. The Bertz CT molecular complexity index is 732. The van der Waals surface area contributed by atoms with E-state index in [1.54, 1.807) is 6.92 Å². The first-order valence-electron chi connectivity index (χ1n) is 7.12. The Hall–Kier alpha value is -2.13. The minimum absolute atomic E-state index is 0.0486. The first-order chi connectivity index (χ1) is 10.7. The van der Waals surface area contributed by atoms with Gasteiger partial charge in [0.1, 0.15) is 0 Å². The number of rotatable bonds is 3. The Morgan fingerprint density at radius 2 is 1.87 bits per heavy atom. The topological polar surface area (TPSA) is 121 Å². The number of hydrogen-bond donors (Lipinski definition) is 2. The number of nitrogens with two attached hydrogens (primary N) is 1. The van der Waals surface area contributed by atoms with Crippen molar-refractivity contribution < 1.29 is 23.1 Å². The lowest BCUT2D eigenvalue weighted by atomic mass is 10.1. The first kappa shape index (κ1) is 17.2. The Labute approximate surface area is 134 Å². The number of aryl methyl sites for hydroxylation is 1. The fourth-order valence-corrected chi connectivity index (χ4v) is 4.10. The Balaban J connectivity index is 2.26. The van der Waals surface area contributed by atoms with E-state index in [4.69, 9.17) is 10.8 Å². The van der Waals surface area contributed by atoms with E-state index in [0.717, 1.165) is 0 Å². The third kappa shape index (κ3) is 3.62. The van der Waals surface area contributed by atoms with Crippen LogP contribution in [-0.4, -0.2) is 60.9 Å². The van der Waals surface area contributed by atoms with E-state index in [2.05, 4.69) is 0 Å². The highest BCUT2D eigenvalue weighted by Crippen LogP contribution is 2.21. The molecular weight excluding hydrogens is 322 g/mol. The van der Waals surface area contributed by atoms with Gasteiger partial charge in [0.15, 0.2) is 0 Å². The van der Waals surface area contributed by atoms with Crippen LogP contribution in [-0.2, 0) is 10.0 Å². The third-order valence-electron chi connectivity index (χ3n) is 3.83. The molecule has 0 unspecified atom stereocenters. The van der Waals surface area contributed by atoms with Gasteiger partial charge in [-0.2, -0.15) is 4.31 Å². The zero-order valence-corrected chi connectivity index (χ0v) is 13.5. The summed E-state index contributed by atoms with van der Waals surface area (Å²) < 4.78 is 26.7. The van der Waals surface area contributed by atoms with Gasteiger partial charge in [0.2, 0.25) is 10.0 Å². The fourth-order valence-electron chi connectivity index (χ4n) is 2.54. The van der Waals surface area contributed by atoms with Crippen molar-refractivity contribution in [3.8, 4) is 0 Å². The number of carboxylic acid groups (broad SMARTS) is 1. The monoisotopic (exact) mass is 341 g/mol. The number of carbonyl (C=O) groups excluding carboxylic acids is 1. The van der Waals surface area contributed by atoms with E-state index < -0.39 is 22.0 Å². The van der Waals surface area contributed by atoms with Gasteiger partial charge in [0, 0.05) is 26.2 Å². The molecule has 3 N–H and O–H groups in total. The number of sulfonamides is 1. The molecule has 0 atom stereocenters. The molecule has 2 amide bonds. The Morgan fingerprint density at radius 1 is 1.17 bits per heavy atom. The Morgan fingerprint density at radius 3 is 2.43 bits per heavy atom. The van der Waals surface area contributed by atoms with Gasteiger partial charge in [-0.25, -0.2) is 18.0 Å². The smallest absolute Gasteiger partial charge is 0.335 e. The predicted octanol–water partition coefficient (Wildman–Crippen LogP) is 0.468. The van der Waals surface area contributed by atoms with Crippen LogP contribution in [0.2, 0.25) is 0 Å². The van der Waals surface area contributed by atoms with E-state index in [1.165, 1.54) is 27.4 Å². The van der Waals surface area contributed by atoms with Gasteiger partial charge in [-0.15, -0.1) is 0 Å². The van der Waals surface area contributed by atoms with Crippen LogP contribution in [0.3, 0.4) is 0 Å². The maximum Gasteiger partial charge on any atom is 0.335 e. The number of amides is 2. The van der Waals surface area contributed by atoms with Gasteiger partial charge >= 0.3 is 12.0 Å². The van der Waals surface area contributed by atoms with Crippen LogP contribution in [0.1, 0.15) is 22.3 Å². The van der Waals surface area contributed by atoms with Crippen molar-refractivity contribution in [2.75, 3.05) is 26.2 Å². The lowest BCUT2D eigenvalue weighted by Gasteiger charge is -2.21. The lowest BCUT2D eigenvalue weighted by molar-refractivity contribution is 0.0696. The molecule has 9 heteroatoms. The summed E-state index contributed by atoms with van der Waals surface area (Å²) in [6.45, 7) is 2.65. The molecule has 2 rings (SSSR count). The van der Waals surface area contributed by atoms with Crippen LogP contribution < -0.4 is 5.73 Å². The maximum atomic E-state index is 12.7. The van der Waals surface area contributed by atoms with Gasteiger partial charge in [-0.05, 0) is 37.1 Å². The van der Waals surface area contributed by atoms with Crippen molar-refractivity contribution in [3.05, 3.63) is 29.3 Å². The average molecular weight is 341 g/mol. The van der Waals surface area contributed by atoms with Gasteiger partial charge < -0.3 is 15.7 Å². The highest BCUT2D eigenvalue weighted by molar-refractivity contribution is 7.89. The zero-order chi connectivity index (χ0) is 17.2. The molecular formula is C14H19N3O5S. The summed E-state index contributed by atoms with van der Waals surface area (Å²) in [6, 6.07) is 3.38. The van der Waals surface area contributed by atoms with Crippen LogP contribution in [0.25, 0.3) is 0 Å². The zero-order valence-electron chi connectivity index (χ0n) is 12.7. The van der Waals surface area contributed by atoms with Crippen LogP contribution in [0.5, 0.6) is 0 Å². The van der Waals surface area contributed by atoms with Gasteiger partial charge in [-0.3, -0.25) is 0 Å². The summed E-state index contributed by atoms with van der Waals surface area (Å²) >= 11 is 0. The standard InChI is InChI=1S/C14H19N3O5S/c1-10-9-11(3-4-12(10)13(18)19)23(21,22)17-6-2-5-16(7-8-17)14(15)20/h3-4,9H,2,5-8H2,1H3,(H2,15,20)(H,18,19). The largest absolute Gasteiger partial charge is 0.478 e. The van der Waals surface area contributed by atoms with Gasteiger partial charge in [-0.1, -0.05) is 0 Å². The summed E-state index contributed by atoms with van der Waals surface area (Å²) in [4.78, 5) is 23.7. The number of benzene rings is 1. The van der Waals surface area contributed by atoms with E-state index in [9.17, 15) is 18.0 Å². The molecule has 1 aliphatic rings. The van der Waals surface area contributed by atoms with Crippen molar-refractivity contribution >= 4 is 22.0 Å². The minimum atomic E-state index is -3.74. The SMILES string of the molecule is Cc1cc(S(=O)(=O)N2CCCN(C(N)=O)CC2)ccc1C(=O)O. The Kier molecular flexibility index (Phi) is 4.90. The van der Waals surface area contributed by atoms with Crippen molar-refractivity contribution in [2.45, 2.75) is 18.2 Å². The number of urea groups is 1. The number of aromatic carboxylic acids is 1. The minimum Gasteiger partial charge on any atom is -0.478 e. The molecule has 0 aromatic heterocycles. The second-order valence-corrected chi connectivity index (χ2v) is 7.30. The molecule has 1 aromatic carbocycles. The van der Waals surface area contributed by atoms with Crippen molar-refractivity contribution in [3.63, 3.8) is 0 Å². The number of primary amides is 1. The summed E-state index contributed by atoms with van der Waals surface area (Å²) in [5.74, 6) is -1.10.